The van der Waals surface area contributed by atoms with Gasteiger partial charge in [0.15, 0.2) is 9.84 Å². The number of hydrogen-bond donors (Lipinski definition) is 1. The third-order valence-electron chi connectivity index (χ3n) is 2.70. The summed E-state index contributed by atoms with van der Waals surface area (Å²) in [5.74, 6) is -1.31. The maximum Gasteiger partial charge on any atom is 0.255 e. The molecule has 110 valence electrons. The second-order valence-electron chi connectivity index (χ2n) is 4.38. The van der Waals surface area contributed by atoms with Gasteiger partial charge in [-0.1, -0.05) is 17.7 Å². The molecule has 0 unspecified atom stereocenters. The first-order valence-corrected chi connectivity index (χ1v) is 8.11. The van der Waals surface area contributed by atoms with Gasteiger partial charge in [0, 0.05) is 16.8 Å². The Morgan fingerprint density at radius 1 is 1.19 bits per heavy atom. The summed E-state index contributed by atoms with van der Waals surface area (Å²) in [5, 5.41) is 2.70. The van der Waals surface area contributed by atoms with E-state index in [1.54, 1.807) is 12.1 Å². The van der Waals surface area contributed by atoms with Crippen LogP contribution in [0.1, 0.15) is 10.4 Å². The molecule has 21 heavy (non-hydrogen) atoms. The summed E-state index contributed by atoms with van der Waals surface area (Å²) in [6, 6.07) is 9.33. The third kappa shape index (κ3) is 3.80. The molecule has 0 spiro atoms. The fourth-order valence-electron chi connectivity index (χ4n) is 1.66. The largest absolute Gasteiger partial charge is 0.319 e. The number of hydrogen-bond acceptors (Lipinski definition) is 3. The molecule has 0 atom stereocenters. The van der Waals surface area contributed by atoms with Gasteiger partial charge in [0.2, 0.25) is 0 Å². The molecule has 0 aliphatic rings. The molecule has 7 heteroatoms. The molecule has 2 aromatic rings. The standard InChI is InChI=1S/C14H11ClFNO3S/c1-21(19,20)11-5-6-12(16)13(8-11)17-14(18)9-3-2-4-10(15)7-9/h2-8H,1H3,(H,17,18). The molecule has 1 N–H and O–H groups in total. The van der Waals surface area contributed by atoms with E-state index in [9.17, 15) is 17.6 Å². The highest BCUT2D eigenvalue weighted by molar-refractivity contribution is 7.90. The van der Waals surface area contributed by atoms with E-state index in [0.29, 0.717) is 5.02 Å². The number of rotatable bonds is 3. The molecule has 0 saturated heterocycles. The van der Waals surface area contributed by atoms with Gasteiger partial charge in [0.1, 0.15) is 5.82 Å². The molecule has 0 aliphatic carbocycles. The normalized spacial score (nSPS) is 11.2. The quantitative estimate of drug-likeness (QED) is 0.881. The zero-order chi connectivity index (χ0) is 15.6. The molecule has 0 aliphatic heterocycles. The Bertz CT molecular complexity index is 806. The maximum absolute atomic E-state index is 13.7. The summed E-state index contributed by atoms with van der Waals surface area (Å²) in [5.41, 5.74) is 0.0366. The van der Waals surface area contributed by atoms with Crippen LogP contribution in [0, 0.1) is 5.82 Å². The molecular formula is C14H11ClFNO3S. The van der Waals surface area contributed by atoms with Crippen molar-refractivity contribution >= 4 is 33.0 Å². The molecular weight excluding hydrogens is 317 g/mol. The molecule has 1 amide bonds. The van der Waals surface area contributed by atoms with E-state index in [-0.39, 0.29) is 16.1 Å². The predicted molar refractivity (Wildman–Crippen MR) is 78.9 cm³/mol. The Morgan fingerprint density at radius 3 is 2.52 bits per heavy atom. The lowest BCUT2D eigenvalue weighted by molar-refractivity contribution is 0.102. The Balaban J connectivity index is 2.33. The minimum absolute atomic E-state index is 0.0784. The highest BCUT2D eigenvalue weighted by atomic mass is 35.5. The molecule has 2 aromatic carbocycles. The fourth-order valence-corrected chi connectivity index (χ4v) is 2.49. The van der Waals surface area contributed by atoms with Crippen molar-refractivity contribution in [1.29, 1.82) is 0 Å². The number of anilines is 1. The van der Waals surface area contributed by atoms with E-state index in [0.717, 1.165) is 24.5 Å². The van der Waals surface area contributed by atoms with Crippen LogP contribution in [0.2, 0.25) is 5.02 Å². The van der Waals surface area contributed by atoms with Gasteiger partial charge in [-0.15, -0.1) is 0 Å². The van der Waals surface area contributed by atoms with Crippen molar-refractivity contribution in [3.63, 3.8) is 0 Å². The van der Waals surface area contributed by atoms with Gasteiger partial charge in [-0.25, -0.2) is 12.8 Å². The van der Waals surface area contributed by atoms with E-state index < -0.39 is 21.6 Å². The molecule has 4 nitrogen and oxygen atoms in total. The number of benzene rings is 2. The molecule has 0 saturated carbocycles. The SMILES string of the molecule is CS(=O)(=O)c1ccc(F)c(NC(=O)c2cccc(Cl)c2)c1. The minimum Gasteiger partial charge on any atom is -0.319 e. The number of sulfone groups is 1. The minimum atomic E-state index is -3.49. The summed E-state index contributed by atoms with van der Waals surface area (Å²) < 4.78 is 36.6. The van der Waals surface area contributed by atoms with Crippen molar-refractivity contribution in [1.82, 2.24) is 0 Å². The number of carbonyl (C=O) groups is 1. The van der Waals surface area contributed by atoms with Crippen molar-refractivity contribution < 1.29 is 17.6 Å². The zero-order valence-electron chi connectivity index (χ0n) is 10.9. The Labute approximate surface area is 126 Å². The van der Waals surface area contributed by atoms with Crippen molar-refractivity contribution in [2.75, 3.05) is 11.6 Å². The lowest BCUT2D eigenvalue weighted by Crippen LogP contribution is -2.13. The van der Waals surface area contributed by atoms with Crippen LogP contribution in [0.4, 0.5) is 10.1 Å². The van der Waals surface area contributed by atoms with E-state index in [4.69, 9.17) is 11.6 Å². The van der Waals surface area contributed by atoms with Crippen molar-refractivity contribution in [3.8, 4) is 0 Å². The highest BCUT2D eigenvalue weighted by Gasteiger charge is 2.14. The summed E-state index contributed by atoms with van der Waals surface area (Å²) in [4.78, 5) is 11.9. The van der Waals surface area contributed by atoms with Gasteiger partial charge in [0.05, 0.1) is 10.6 Å². The van der Waals surface area contributed by atoms with Crippen LogP contribution in [0.5, 0.6) is 0 Å². The summed E-state index contributed by atoms with van der Waals surface area (Å²) >= 11 is 5.77. The molecule has 0 bridgehead atoms. The van der Waals surface area contributed by atoms with Gasteiger partial charge in [-0.2, -0.15) is 0 Å². The second-order valence-corrected chi connectivity index (χ2v) is 6.83. The average molecular weight is 328 g/mol. The summed E-state index contributed by atoms with van der Waals surface area (Å²) in [6.07, 6.45) is 1.00. The van der Waals surface area contributed by atoms with E-state index in [1.807, 2.05) is 0 Å². The van der Waals surface area contributed by atoms with Crippen molar-refractivity contribution in [2.45, 2.75) is 4.90 Å². The number of amides is 1. The first-order valence-electron chi connectivity index (χ1n) is 5.84. The van der Waals surface area contributed by atoms with Gasteiger partial charge >= 0.3 is 0 Å². The van der Waals surface area contributed by atoms with Gasteiger partial charge in [0.25, 0.3) is 5.91 Å². The third-order valence-corrected chi connectivity index (χ3v) is 4.05. The topological polar surface area (TPSA) is 63.2 Å². The lowest BCUT2D eigenvalue weighted by Gasteiger charge is -2.08. The van der Waals surface area contributed by atoms with Crippen LogP contribution in [-0.4, -0.2) is 20.6 Å². The van der Waals surface area contributed by atoms with Crippen molar-refractivity contribution in [2.24, 2.45) is 0 Å². The van der Waals surface area contributed by atoms with Crippen LogP contribution in [0.3, 0.4) is 0 Å². The lowest BCUT2D eigenvalue weighted by atomic mass is 10.2. The highest BCUT2D eigenvalue weighted by Crippen LogP contribution is 2.21. The monoisotopic (exact) mass is 327 g/mol. The Hall–Kier alpha value is -1.92. The van der Waals surface area contributed by atoms with E-state index >= 15 is 0 Å². The fraction of sp³-hybridized carbons (Fsp3) is 0.0714. The smallest absolute Gasteiger partial charge is 0.255 e. The molecule has 0 radical (unpaired) electrons. The van der Waals surface area contributed by atoms with Crippen LogP contribution in [0.25, 0.3) is 0 Å². The van der Waals surface area contributed by atoms with Crippen LogP contribution in [0.15, 0.2) is 47.4 Å². The Morgan fingerprint density at radius 2 is 1.90 bits per heavy atom. The molecule has 0 aromatic heterocycles. The van der Waals surface area contributed by atoms with Gasteiger partial charge in [-0.05, 0) is 36.4 Å². The predicted octanol–water partition coefficient (Wildman–Crippen LogP) is 3.13. The maximum atomic E-state index is 13.7. The second kappa shape index (κ2) is 5.83. The first kappa shape index (κ1) is 15.5. The van der Waals surface area contributed by atoms with Crippen LogP contribution in [-0.2, 0) is 9.84 Å². The summed E-state index contributed by atoms with van der Waals surface area (Å²) in [6.45, 7) is 0. The Kier molecular flexibility index (Phi) is 4.29. The average Bonchev–Trinajstić information content (AvgIpc) is 2.40. The van der Waals surface area contributed by atoms with Gasteiger partial charge < -0.3 is 5.32 Å². The first-order chi connectivity index (χ1) is 9.77. The van der Waals surface area contributed by atoms with E-state index in [2.05, 4.69) is 5.32 Å². The van der Waals surface area contributed by atoms with Crippen LogP contribution < -0.4 is 5.32 Å². The summed E-state index contributed by atoms with van der Waals surface area (Å²) in [7, 11) is -3.49. The molecule has 0 heterocycles. The molecule has 2 rings (SSSR count). The number of nitrogens with one attached hydrogen (secondary N) is 1. The number of carbonyl (C=O) groups excluding carboxylic acids is 1. The van der Waals surface area contributed by atoms with Crippen molar-refractivity contribution in [3.05, 3.63) is 58.9 Å². The van der Waals surface area contributed by atoms with Gasteiger partial charge in [-0.3, -0.25) is 4.79 Å². The van der Waals surface area contributed by atoms with Crippen LogP contribution >= 0.6 is 11.6 Å². The number of halogens is 2. The van der Waals surface area contributed by atoms with E-state index in [1.165, 1.54) is 12.1 Å². The molecule has 0 fully saturated rings. The zero-order valence-corrected chi connectivity index (χ0v) is 12.5.